The van der Waals surface area contributed by atoms with Gasteiger partial charge in [-0.3, -0.25) is 9.78 Å². The lowest BCUT2D eigenvalue weighted by Gasteiger charge is -2.22. The van der Waals surface area contributed by atoms with Crippen LogP contribution in [0.3, 0.4) is 0 Å². The molecule has 0 aliphatic carbocycles. The van der Waals surface area contributed by atoms with E-state index >= 15 is 0 Å². The van der Waals surface area contributed by atoms with Gasteiger partial charge in [0.1, 0.15) is 5.76 Å². The highest BCUT2D eigenvalue weighted by Crippen LogP contribution is 2.15. The standard InChI is InChI=1S/C21H19IN2O2/c1-16-5-2-3-7-18(16)15-24(14-17-6-4-12-23-13-17)21(25)11-9-19-8-10-20(22)26-19/h2-13H,14-15H2,1H3/b11-9+. The number of aromatic nitrogens is 1. The summed E-state index contributed by atoms with van der Waals surface area (Å²) < 4.78 is 6.28. The van der Waals surface area contributed by atoms with Gasteiger partial charge < -0.3 is 9.32 Å². The van der Waals surface area contributed by atoms with Crippen LogP contribution in [0.4, 0.5) is 0 Å². The first-order chi connectivity index (χ1) is 12.6. The molecule has 1 aromatic carbocycles. The third-order valence-electron chi connectivity index (χ3n) is 4.01. The van der Waals surface area contributed by atoms with E-state index in [1.165, 1.54) is 5.56 Å². The Bertz CT molecular complexity index is 903. The Morgan fingerprint density at radius 2 is 2.00 bits per heavy atom. The summed E-state index contributed by atoms with van der Waals surface area (Å²) in [6.07, 6.45) is 6.79. The van der Waals surface area contributed by atoms with Crippen LogP contribution in [-0.4, -0.2) is 15.8 Å². The number of carbonyl (C=O) groups is 1. The molecule has 2 heterocycles. The van der Waals surface area contributed by atoms with Crippen LogP contribution in [0.1, 0.15) is 22.5 Å². The van der Waals surface area contributed by atoms with Gasteiger partial charge in [0, 0.05) is 31.6 Å². The molecule has 132 valence electrons. The molecule has 0 radical (unpaired) electrons. The normalized spacial score (nSPS) is 11.0. The van der Waals surface area contributed by atoms with Gasteiger partial charge >= 0.3 is 0 Å². The molecule has 0 fully saturated rings. The van der Waals surface area contributed by atoms with Gasteiger partial charge in [-0.2, -0.15) is 0 Å². The van der Waals surface area contributed by atoms with E-state index in [0.29, 0.717) is 18.8 Å². The van der Waals surface area contributed by atoms with Crippen LogP contribution in [0.2, 0.25) is 0 Å². The fourth-order valence-electron chi connectivity index (χ4n) is 2.59. The minimum absolute atomic E-state index is 0.0662. The zero-order valence-electron chi connectivity index (χ0n) is 14.4. The highest BCUT2D eigenvalue weighted by molar-refractivity contribution is 14.1. The first kappa shape index (κ1) is 18.4. The second-order valence-electron chi connectivity index (χ2n) is 5.96. The van der Waals surface area contributed by atoms with E-state index in [4.69, 9.17) is 4.42 Å². The number of hydrogen-bond acceptors (Lipinski definition) is 3. The Morgan fingerprint density at radius 1 is 1.15 bits per heavy atom. The number of hydrogen-bond donors (Lipinski definition) is 0. The Balaban J connectivity index is 1.80. The molecule has 26 heavy (non-hydrogen) atoms. The van der Waals surface area contributed by atoms with Gasteiger partial charge in [-0.15, -0.1) is 0 Å². The summed E-state index contributed by atoms with van der Waals surface area (Å²) in [5.74, 6) is 0.600. The Labute approximate surface area is 166 Å². The summed E-state index contributed by atoms with van der Waals surface area (Å²) in [7, 11) is 0. The number of benzene rings is 1. The van der Waals surface area contributed by atoms with E-state index in [9.17, 15) is 4.79 Å². The SMILES string of the molecule is Cc1ccccc1CN(Cc1cccnc1)C(=O)/C=C/c1ccc(I)o1. The zero-order valence-corrected chi connectivity index (χ0v) is 16.6. The third kappa shape index (κ3) is 5.05. The summed E-state index contributed by atoms with van der Waals surface area (Å²) in [5.41, 5.74) is 3.29. The van der Waals surface area contributed by atoms with Gasteiger partial charge in [-0.25, -0.2) is 0 Å². The van der Waals surface area contributed by atoms with Gasteiger partial charge in [-0.1, -0.05) is 30.3 Å². The van der Waals surface area contributed by atoms with E-state index in [1.807, 2.05) is 41.3 Å². The van der Waals surface area contributed by atoms with Gasteiger partial charge in [0.25, 0.3) is 0 Å². The van der Waals surface area contributed by atoms with Gasteiger partial charge in [0.2, 0.25) is 5.91 Å². The summed E-state index contributed by atoms with van der Waals surface area (Å²) in [4.78, 5) is 18.8. The van der Waals surface area contributed by atoms with E-state index < -0.39 is 0 Å². The lowest BCUT2D eigenvalue weighted by Crippen LogP contribution is -2.28. The van der Waals surface area contributed by atoms with Crippen LogP contribution in [-0.2, 0) is 17.9 Å². The van der Waals surface area contributed by atoms with Gasteiger partial charge in [-0.05, 0) is 70.5 Å². The molecule has 0 saturated heterocycles. The Hall–Kier alpha value is -2.41. The quantitative estimate of drug-likeness (QED) is 0.393. The topological polar surface area (TPSA) is 46.3 Å². The lowest BCUT2D eigenvalue weighted by molar-refractivity contribution is -0.127. The summed E-state index contributed by atoms with van der Waals surface area (Å²) in [6, 6.07) is 15.7. The zero-order chi connectivity index (χ0) is 18.4. The van der Waals surface area contributed by atoms with Crippen molar-refractivity contribution >= 4 is 34.6 Å². The second-order valence-corrected chi connectivity index (χ2v) is 7.02. The molecule has 4 nitrogen and oxygen atoms in total. The highest BCUT2D eigenvalue weighted by atomic mass is 127. The monoisotopic (exact) mass is 458 g/mol. The molecule has 1 amide bonds. The average molecular weight is 458 g/mol. The van der Waals surface area contributed by atoms with Crippen molar-refractivity contribution in [3.63, 3.8) is 0 Å². The summed E-state index contributed by atoms with van der Waals surface area (Å²) in [5, 5.41) is 0. The van der Waals surface area contributed by atoms with Crippen molar-refractivity contribution in [1.29, 1.82) is 0 Å². The average Bonchev–Trinajstić information content (AvgIpc) is 3.07. The second kappa shape index (κ2) is 8.80. The van der Waals surface area contributed by atoms with E-state index in [-0.39, 0.29) is 5.91 Å². The number of rotatable bonds is 6. The van der Waals surface area contributed by atoms with E-state index in [0.717, 1.165) is 14.9 Å². The first-order valence-electron chi connectivity index (χ1n) is 8.27. The molecule has 0 bridgehead atoms. The molecule has 3 aromatic rings. The van der Waals surface area contributed by atoms with Crippen LogP contribution in [0, 0.1) is 10.7 Å². The number of halogens is 1. The van der Waals surface area contributed by atoms with Crippen LogP contribution in [0.15, 0.2) is 71.4 Å². The van der Waals surface area contributed by atoms with Crippen LogP contribution in [0.25, 0.3) is 6.08 Å². The number of carbonyl (C=O) groups excluding carboxylic acids is 1. The number of amides is 1. The fourth-order valence-corrected chi connectivity index (χ4v) is 3.03. The van der Waals surface area contributed by atoms with Gasteiger partial charge in [0.15, 0.2) is 3.77 Å². The van der Waals surface area contributed by atoms with Gasteiger partial charge in [0.05, 0.1) is 0 Å². The van der Waals surface area contributed by atoms with Crippen molar-refractivity contribution in [2.75, 3.05) is 0 Å². The molecule has 0 spiro atoms. The molecule has 2 aromatic heterocycles. The maximum atomic E-state index is 12.8. The number of nitrogens with zero attached hydrogens (tertiary/aromatic N) is 2. The number of furan rings is 1. The highest BCUT2D eigenvalue weighted by Gasteiger charge is 2.13. The molecular weight excluding hydrogens is 439 g/mol. The van der Waals surface area contributed by atoms with E-state index in [2.05, 4.69) is 46.6 Å². The maximum absolute atomic E-state index is 12.8. The molecule has 0 saturated carbocycles. The molecule has 0 N–H and O–H groups in total. The molecule has 0 unspecified atom stereocenters. The molecule has 0 atom stereocenters. The van der Waals surface area contributed by atoms with E-state index in [1.54, 1.807) is 24.5 Å². The first-order valence-corrected chi connectivity index (χ1v) is 9.35. The van der Waals surface area contributed by atoms with Crippen LogP contribution in [0.5, 0.6) is 0 Å². The fraction of sp³-hybridized carbons (Fsp3) is 0.143. The lowest BCUT2D eigenvalue weighted by atomic mass is 10.1. The van der Waals surface area contributed by atoms with Crippen molar-refractivity contribution in [2.45, 2.75) is 20.0 Å². The molecule has 5 heteroatoms. The van der Waals surface area contributed by atoms with Crippen LogP contribution < -0.4 is 0 Å². The third-order valence-corrected chi connectivity index (χ3v) is 4.59. The minimum atomic E-state index is -0.0662. The Kier molecular flexibility index (Phi) is 6.22. The minimum Gasteiger partial charge on any atom is -0.451 e. The number of pyridine rings is 1. The molecule has 0 aliphatic rings. The predicted octanol–water partition coefficient (Wildman–Crippen LogP) is 4.83. The Morgan fingerprint density at radius 3 is 2.69 bits per heavy atom. The van der Waals surface area contributed by atoms with Crippen molar-refractivity contribution in [2.24, 2.45) is 0 Å². The number of aryl methyl sites for hydroxylation is 1. The summed E-state index contributed by atoms with van der Waals surface area (Å²) >= 11 is 2.10. The summed E-state index contributed by atoms with van der Waals surface area (Å²) in [6.45, 7) is 3.10. The van der Waals surface area contributed by atoms with Crippen molar-refractivity contribution in [1.82, 2.24) is 9.88 Å². The van der Waals surface area contributed by atoms with Crippen molar-refractivity contribution in [3.05, 3.63) is 93.2 Å². The predicted molar refractivity (Wildman–Crippen MR) is 110 cm³/mol. The maximum Gasteiger partial charge on any atom is 0.247 e. The smallest absolute Gasteiger partial charge is 0.247 e. The van der Waals surface area contributed by atoms with Crippen molar-refractivity contribution < 1.29 is 9.21 Å². The van der Waals surface area contributed by atoms with Crippen molar-refractivity contribution in [3.8, 4) is 0 Å². The molecule has 3 rings (SSSR count). The molecular formula is C21H19IN2O2. The molecule has 0 aliphatic heterocycles. The van der Waals surface area contributed by atoms with Crippen LogP contribution >= 0.6 is 22.6 Å². The largest absolute Gasteiger partial charge is 0.451 e.